The van der Waals surface area contributed by atoms with Gasteiger partial charge in [-0.25, -0.2) is 13.8 Å². The summed E-state index contributed by atoms with van der Waals surface area (Å²) < 4.78 is 35.8. The number of ether oxygens (including phenoxy) is 1. The highest BCUT2D eigenvalue weighted by Crippen LogP contribution is 2.41. The number of hydrogen-bond acceptors (Lipinski definition) is 5. The average molecular weight is 418 g/mol. The highest BCUT2D eigenvalue weighted by molar-refractivity contribution is 6.31. The van der Waals surface area contributed by atoms with Gasteiger partial charge in [-0.05, 0) is 44.1 Å². The van der Waals surface area contributed by atoms with Gasteiger partial charge in [-0.3, -0.25) is 4.68 Å². The maximum atomic E-state index is 14.2. The number of rotatable bonds is 3. The van der Waals surface area contributed by atoms with Gasteiger partial charge in [-0.15, -0.1) is 0 Å². The van der Waals surface area contributed by atoms with Crippen molar-refractivity contribution in [3.05, 3.63) is 59.0 Å². The first-order valence-electron chi connectivity index (χ1n) is 9.42. The van der Waals surface area contributed by atoms with Crippen LogP contribution in [0.1, 0.15) is 30.7 Å². The molecule has 0 aliphatic carbocycles. The molecule has 1 saturated heterocycles. The summed E-state index contributed by atoms with van der Waals surface area (Å²) in [5, 5.41) is 10.5. The molecule has 2 aliphatic heterocycles. The topological polar surface area (TPSA) is 64.0 Å². The van der Waals surface area contributed by atoms with Gasteiger partial charge >= 0.3 is 0 Å². The maximum Gasteiger partial charge on any atom is 0.202 e. The summed E-state index contributed by atoms with van der Waals surface area (Å²) in [4.78, 5) is 4.37. The third-order valence-electron chi connectivity index (χ3n) is 5.32. The van der Waals surface area contributed by atoms with E-state index in [2.05, 4.69) is 20.7 Å². The van der Waals surface area contributed by atoms with Crippen LogP contribution in [0.25, 0.3) is 11.1 Å². The van der Waals surface area contributed by atoms with Gasteiger partial charge in [0.05, 0.1) is 22.8 Å². The molecule has 150 valence electrons. The van der Waals surface area contributed by atoms with Crippen molar-refractivity contribution < 1.29 is 13.5 Å². The number of benzene rings is 1. The van der Waals surface area contributed by atoms with Crippen LogP contribution in [0.5, 0.6) is 5.75 Å². The minimum Gasteiger partial charge on any atom is -0.462 e. The lowest BCUT2D eigenvalue weighted by Gasteiger charge is -2.22. The average Bonchev–Trinajstić information content (AvgIpc) is 3.38. The number of fused-ring (bicyclic) bond motifs is 1. The van der Waals surface area contributed by atoms with Crippen LogP contribution in [0.4, 0.5) is 14.6 Å². The zero-order valence-corrected chi connectivity index (χ0v) is 16.1. The molecule has 9 heteroatoms. The first-order valence-corrected chi connectivity index (χ1v) is 9.80. The van der Waals surface area contributed by atoms with Crippen LogP contribution in [0, 0.1) is 11.6 Å². The van der Waals surface area contributed by atoms with Gasteiger partial charge in [-0.1, -0.05) is 11.6 Å². The second kappa shape index (κ2) is 7.27. The van der Waals surface area contributed by atoms with Crippen LogP contribution in [-0.4, -0.2) is 27.9 Å². The predicted molar refractivity (Wildman–Crippen MR) is 105 cm³/mol. The summed E-state index contributed by atoms with van der Waals surface area (Å²) in [6.45, 7) is 1.97. The van der Waals surface area contributed by atoms with Gasteiger partial charge in [0, 0.05) is 23.5 Å². The molecule has 1 fully saturated rings. The van der Waals surface area contributed by atoms with E-state index in [4.69, 9.17) is 16.3 Å². The lowest BCUT2D eigenvalue weighted by Crippen LogP contribution is -2.29. The Kier molecular flexibility index (Phi) is 4.60. The minimum atomic E-state index is -0.951. The molecule has 2 N–H and O–H groups in total. The number of hydrogen-bond donors (Lipinski definition) is 2. The molecule has 3 aromatic rings. The zero-order chi connectivity index (χ0) is 20.0. The van der Waals surface area contributed by atoms with Gasteiger partial charge < -0.3 is 15.4 Å². The lowest BCUT2D eigenvalue weighted by atomic mass is 10.1. The van der Waals surface area contributed by atoms with E-state index in [-0.39, 0.29) is 10.6 Å². The Bertz CT molecular complexity index is 1070. The second-order valence-electron chi connectivity index (χ2n) is 7.16. The fourth-order valence-corrected chi connectivity index (χ4v) is 4.01. The number of nitrogens with zero attached hydrogens (tertiary/aromatic N) is 3. The van der Waals surface area contributed by atoms with Gasteiger partial charge in [0.15, 0.2) is 11.6 Å². The second-order valence-corrected chi connectivity index (χ2v) is 7.54. The summed E-state index contributed by atoms with van der Waals surface area (Å²) >= 11 is 5.95. The molecule has 0 bridgehead atoms. The van der Waals surface area contributed by atoms with Crippen molar-refractivity contribution in [2.75, 3.05) is 18.4 Å². The van der Waals surface area contributed by atoms with Gasteiger partial charge in [0.1, 0.15) is 11.6 Å². The summed E-state index contributed by atoms with van der Waals surface area (Å²) in [5.74, 6) is -0.459. The first-order chi connectivity index (χ1) is 14.1. The SMILES string of the molecule is Fc1ccc(F)c(C2Nc3ncc(-c4cnn(C5CCNCC5)c4)cc3O2)c1Cl. The van der Waals surface area contributed by atoms with E-state index < -0.39 is 17.9 Å². The number of anilines is 1. The summed E-state index contributed by atoms with van der Waals surface area (Å²) in [5.41, 5.74) is 1.67. The quantitative estimate of drug-likeness (QED) is 0.622. The standard InChI is InChI=1S/C20H18ClF2N5O/c21-18-15(23)2-1-14(22)17(18)20-27-19-16(29-20)7-11(8-25-19)12-9-26-28(10-12)13-3-5-24-6-4-13/h1-2,7-10,13,20,24H,3-6H2,(H,25,27). The van der Waals surface area contributed by atoms with Crippen molar-refractivity contribution in [2.24, 2.45) is 0 Å². The molecule has 0 radical (unpaired) electrons. The van der Waals surface area contributed by atoms with E-state index >= 15 is 0 Å². The van der Waals surface area contributed by atoms with E-state index in [0.717, 1.165) is 49.2 Å². The van der Waals surface area contributed by atoms with Crippen molar-refractivity contribution >= 4 is 17.4 Å². The highest BCUT2D eigenvalue weighted by atomic mass is 35.5. The Labute approximate surface area is 170 Å². The van der Waals surface area contributed by atoms with Crippen LogP contribution >= 0.6 is 11.6 Å². The summed E-state index contributed by atoms with van der Waals surface area (Å²) in [6, 6.07) is 4.20. The van der Waals surface area contributed by atoms with Gasteiger partial charge in [0.25, 0.3) is 0 Å². The molecule has 29 heavy (non-hydrogen) atoms. The molecule has 1 unspecified atom stereocenters. The Morgan fingerprint density at radius 2 is 1.90 bits per heavy atom. The smallest absolute Gasteiger partial charge is 0.202 e. The largest absolute Gasteiger partial charge is 0.462 e. The number of aromatic nitrogens is 3. The predicted octanol–water partition coefficient (Wildman–Crippen LogP) is 4.30. The number of halogens is 3. The van der Waals surface area contributed by atoms with Crippen molar-refractivity contribution in [3.63, 3.8) is 0 Å². The van der Waals surface area contributed by atoms with E-state index in [0.29, 0.717) is 17.6 Å². The van der Waals surface area contributed by atoms with Crippen LogP contribution in [0.3, 0.4) is 0 Å². The van der Waals surface area contributed by atoms with Crippen LogP contribution < -0.4 is 15.4 Å². The van der Waals surface area contributed by atoms with Gasteiger partial charge in [-0.2, -0.15) is 5.10 Å². The molecule has 5 rings (SSSR count). The van der Waals surface area contributed by atoms with Crippen LogP contribution in [0.2, 0.25) is 5.02 Å². The minimum absolute atomic E-state index is 0.0788. The van der Waals surface area contributed by atoms with Crippen LogP contribution in [-0.2, 0) is 0 Å². The van der Waals surface area contributed by atoms with Crippen molar-refractivity contribution in [3.8, 4) is 16.9 Å². The Balaban J connectivity index is 1.40. The Morgan fingerprint density at radius 3 is 2.72 bits per heavy atom. The fraction of sp³-hybridized carbons (Fsp3) is 0.300. The molecule has 2 aliphatic rings. The van der Waals surface area contributed by atoms with E-state index in [9.17, 15) is 8.78 Å². The maximum absolute atomic E-state index is 14.2. The molecular formula is C20H18ClF2N5O. The van der Waals surface area contributed by atoms with E-state index in [1.807, 2.05) is 16.9 Å². The van der Waals surface area contributed by atoms with Crippen molar-refractivity contribution in [1.82, 2.24) is 20.1 Å². The molecule has 4 heterocycles. The fourth-order valence-electron chi connectivity index (χ4n) is 3.75. The molecule has 0 saturated carbocycles. The molecule has 6 nitrogen and oxygen atoms in total. The zero-order valence-electron chi connectivity index (χ0n) is 15.3. The Hall–Kier alpha value is -2.71. The van der Waals surface area contributed by atoms with Gasteiger partial charge in [0.2, 0.25) is 6.23 Å². The summed E-state index contributed by atoms with van der Waals surface area (Å²) in [6.07, 6.45) is 6.63. The third-order valence-corrected chi connectivity index (χ3v) is 5.71. The number of pyridine rings is 1. The molecule has 0 spiro atoms. The van der Waals surface area contributed by atoms with E-state index in [1.54, 1.807) is 12.4 Å². The van der Waals surface area contributed by atoms with Crippen molar-refractivity contribution in [2.45, 2.75) is 25.1 Å². The van der Waals surface area contributed by atoms with Crippen LogP contribution in [0.15, 0.2) is 36.8 Å². The lowest BCUT2D eigenvalue weighted by molar-refractivity contribution is 0.253. The first kappa shape index (κ1) is 18.3. The number of piperidine rings is 1. The summed E-state index contributed by atoms with van der Waals surface area (Å²) in [7, 11) is 0. The molecule has 1 aromatic carbocycles. The monoisotopic (exact) mass is 417 g/mol. The normalized spacial score (nSPS) is 18.9. The van der Waals surface area contributed by atoms with Crippen molar-refractivity contribution in [1.29, 1.82) is 0 Å². The number of nitrogens with one attached hydrogen (secondary N) is 2. The molecule has 0 amide bonds. The Morgan fingerprint density at radius 1 is 1.10 bits per heavy atom. The highest BCUT2D eigenvalue weighted by Gasteiger charge is 2.30. The van der Waals surface area contributed by atoms with E-state index in [1.165, 1.54) is 0 Å². The molecular weight excluding hydrogens is 400 g/mol. The third kappa shape index (κ3) is 3.32. The molecule has 1 atom stereocenters. The molecule has 2 aromatic heterocycles.